The van der Waals surface area contributed by atoms with E-state index in [1.807, 2.05) is 0 Å². The summed E-state index contributed by atoms with van der Waals surface area (Å²) in [5.41, 5.74) is 1.08. The fraction of sp³-hybridized carbons (Fsp3) is 0.667. The van der Waals surface area contributed by atoms with Gasteiger partial charge in [0.15, 0.2) is 0 Å². The Morgan fingerprint density at radius 2 is 1.95 bits per heavy atom. The molecule has 1 fully saturated rings. The van der Waals surface area contributed by atoms with Gasteiger partial charge in [0.2, 0.25) is 8.32 Å². The zero-order valence-electron chi connectivity index (χ0n) is 15.0. The Bertz CT molecular complexity index is 517. The van der Waals surface area contributed by atoms with E-state index in [0.29, 0.717) is 0 Å². The molecule has 0 aromatic heterocycles. The van der Waals surface area contributed by atoms with Crippen molar-refractivity contribution in [3.8, 4) is 5.75 Å². The van der Waals surface area contributed by atoms with Crippen LogP contribution in [0.1, 0.15) is 46.6 Å². The predicted octanol–water partition coefficient (Wildman–Crippen LogP) is 5.11. The molecule has 1 saturated heterocycles. The largest absolute Gasteiger partial charge is 0.543 e. The Balaban J connectivity index is 2.08. The van der Waals surface area contributed by atoms with Crippen LogP contribution in [0.4, 0.5) is 0 Å². The molecule has 1 aliphatic heterocycles. The molecule has 0 aliphatic carbocycles. The molecule has 0 spiro atoms. The lowest BCUT2D eigenvalue weighted by molar-refractivity contribution is -0.505. The van der Waals surface area contributed by atoms with Gasteiger partial charge in [-0.15, -0.1) is 0 Å². The average Bonchev–Trinajstić information content (AvgIpc) is 2.41. The number of hydrogen-bond donors (Lipinski definition) is 0. The van der Waals surface area contributed by atoms with Crippen molar-refractivity contribution < 1.29 is 14.2 Å². The maximum atomic E-state index is 6.39. The van der Waals surface area contributed by atoms with Crippen molar-refractivity contribution in [1.29, 1.82) is 0 Å². The molecule has 3 nitrogen and oxygen atoms in total. The summed E-state index contributed by atoms with van der Waals surface area (Å²) in [5.74, 6) is 0.975. The van der Waals surface area contributed by atoms with Gasteiger partial charge in [-0.1, -0.05) is 39.8 Å². The minimum absolute atomic E-state index is 0.126. The summed E-state index contributed by atoms with van der Waals surface area (Å²) in [6, 6.07) is 8.41. The predicted molar refractivity (Wildman–Crippen MR) is 92.6 cm³/mol. The third kappa shape index (κ3) is 3.55. The number of benzene rings is 1. The first-order valence-corrected chi connectivity index (χ1v) is 11.1. The maximum Gasteiger partial charge on any atom is 0.250 e. The second kappa shape index (κ2) is 5.98. The highest BCUT2D eigenvalue weighted by atomic mass is 28.4. The summed E-state index contributed by atoms with van der Waals surface area (Å²) in [6.07, 6.45) is 1.94. The van der Waals surface area contributed by atoms with Gasteiger partial charge in [-0.05, 0) is 49.2 Å². The van der Waals surface area contributed by atoms with E-state index in [1.165, 1.54) is 5.56 Å². The van der Waals surface area contributed by atoms with Crippen LogP contribution < -0.4 is 4.43 Å². The lowest BCUT2D eigenvalue weighted by Crippen LogP contribution is -2.54. The molecule has 1 aliphatic rings. The van der Waals surface area contributed by atoms with Gasteiger partial charge in [0.25, 0.3) is 0 Å². The molecule has 0 bridgehead atoms. The molecule has 2 rings (SSSR count). The van der Waals surface area contributed by atoms with Gasteiger partial charge in [0, 0.05) is 6.42 Å². The van der Waals surface area contributed by atoms with Crippen molar-refractivity contribution in [3.05, 3.63) is 29.8 Å². The van der Waals surface area contributed by atoms with E-state index in [9.17, 15) is 0 Å². The minimum atomic E-state index is -1.79. The molecule has 2 atom stereocenters. The van der Waals surface area contributed by atoms with E-state index < -0.39 is 8.32 Å². The van der Waals surface area contributed by atoms with Gasteiger partial charge in [0.05, 0.1) is 0 Å². The van der Waals surface area contributed by atoms with E-state index >= 15 is 0 Å². The van der Waals surface area contributed by atoms with Gasteiger partial charge in [-0.2, -0.15) is 0 Å². The average molecular weight is 323 g/mol. The molecule has 1 heterocycles. The lowest BCUT2D eigenvalue weighted by atomic mass is 9.89. The summed E-state index contributed by atoms with van der Waals surface area (Å²) in [7, 11) is -1.79. The van der Waals surface area contributed by atoms with Crippen molar-refractivity contribution in [2.24, 2.45) is 0 Å². The third-order valence-electron chi connectivity index (χ3n) is 5.24. The van der Waals surface area contributed by atoms with Gasteiger partial charge < -0.3 is 4.43 Å². The van der Waals surface area contributed by atoms with Crippen molar-refractivity contribution in [1.82, 2.24) is 0 Å². The SMILES string of the molecule is CCC1(C)OOC1Cc1cccc(O[Si](C)(C)C(C)(C)C)c1. The lowest BCUT2D eigenvalue weighted by Gasteiger charge is -2.44. The van der Waals surface area contributed by atoms with E-state index in [2.05, 4.69) is 72.0 Å². The Morgan fingerprint density at radius 3 is 2.45 bits per heavy atom. The second-order valence-electron chi connectivity index (χ2n) is 8.05. The highest BCUT2D eigenvalue weighted by molar-refractivity contribution is 6.74. The molecule has 1 aromatic rings. The molecule has 4 heteroatoms. The normalized spacial score (nSPS) is 25.7. The van der Waals surface area contributed by atoms with Crippen molar-refractivity contribution in [3.63, 3.8) is 0 Å². The molecule has 124 valence electrons. The Morgan fingerprint density at radius 1 is 1.27 bits per heavy atom. The smallest absolute Gasteiger partial charge is 0.250 e. The minimum Gasteiger partial charge on any atom is -0.543 e. The maximum absolute atomic E-state index is 6.39. The summed E-state index contributed by atoms with van der Waals surface area (Å²) in [6.45, 7) is 15.6. The van der Waals surface area contributed by atoms with Crippen molar-refractivity contribution >= 4 is 8.32 Å². The first-order valence-electron chi connectivity index (χ1n) is 8.20. The van der Waals surface area contributed by atoms with Crippen molar-refractivity contribution in [2.75, 3.05) is 0 Å². The molecular weight excluding hydrogens is 292 g/mol. The fourth-order valence-electron chi connectivity index (χ4n) is 2.21. The Kier molecular flexibility index (Phi) is 4.76. The summed E-state index contributed by atoms with van der Waals surface area (Å²) >= 11 is 0. The molecule has 1 aromatic carbocycles. The second-order valence-corrected chi connectivity index (χ2v) is 12.8. The third-order valence-corrected chi connectivity index (χ3v) is 9.59. The molecule has 22 heavy (non-hydrogen) atoms. The van der Waals surface area contributed by atoms with Crippen LogP contribution in [0.15, 0.2) is 24.3 Å². The van der Waals surface area contributed by atoms with E-state index in [4.69, 9.17) is 14.2 Å². The summed E-state index contributed by atoms with van der Waals surface area (Å²) < 4.78 is 6.39. The van der Waals surface area contributed by atoms with Crippen LogP contribution in [-0.2, 0) is 16.2 Å². The van der Waals surface area contributed by atoms with E-state index in [-0.39, 0.29) is 16.7 Å². The van der Waals surface area contributed by atoms with Crippen LogP contribution >= 0.6 is 0 Å². The van der Waals surface area contributed by atoms with Crippen LogP contribution in [-0.4, -0.2) is 20.0 Å². The Labute approximate surface area is 136 Å². The summed E-state index contributed by atoms with van der Waals surface area (Å²) in [4.78, 5) is 10.6. The molecular formula is C18H30O3Si. The van der Waals surface area contributed by atoms with Crippen LogP contribution in [0, 0.1) is 0 Å². The first-order chi connectivity index (χ1) is 10.1. The summed E-state index contributed by atoms with van der Waals surface area (Å²) in [5, 5.41) is 0.203. The zero-order valence-corrected chi connectivity index (χ0v) is 16.0. The molecule has 2 unspecified atom stereocenters. The Hall–Kier alpha value is -0.843. The quantitative estimate of drug-likeness (QED) is 0.557. The number of hydrogen-bond acceptors (Lipinski definition) is 3. The van der Waals surface area contributed by atoms with Gasteiger partial charge in [-0.3, -0.25) is 0 Å². The molecule has 0 radical (unpaired) electrons. The van der Waals surface area contributed by atoms with Gasteiger partial charge in [0.1, 0.15) is 17.5 Å². The highest BCUT2D eigenvalue weighted by Crippen LogP contribution is 2.38. The molecule has 0 amide bonds. The van der Waals surface area contributed by atoms with Gasteiger partial charge >= 0.3 is 0 Å². The van der Waals surface area contributed by atoms with E-state index in [0.717, 1.165) is 18.6 Å². The van der Waals surface area contributed by atoms with Crippen LogP contribution in [0.5, 0.6) is 5.75 Å². The monoisotopic (exact) mass is 322 g/mol. The van der Waals surface area contributed by atoms with Crippen molar-refractivity contribution in [2.45, 2.75) is 77.3 Å². The zero-order chi connectivity index (χ0) is 16.6. The van der Waals surface area contributed by atoms with Crippen LogP contribution in [0.25, 0.3) is 0 Å². The molecule has 0 saturated carbocycles. The number of rotatable bonds is 5. The highest BCUT2D eigenvalue weighted by Gasteiger charge is 2.45. The molecule has 0 N–H and O–H groups in total. The standard InChI is InChI=1S/C18H30O3Si/c1-8-18(5)16(19-21-18)13-14-10-9-11-15(12-14)20-22(6,7)17(2,3)4/h9-12,16H,8,13H2,1-7H3. The fourth-order valence-corrected chi connectivity index (χ4v) is 3.24. The van der Waals surface area contributed by atoms with Gasteiger partial charge in [-0.25, -0.2) is 9.78 Å². The topological polar surface area (TPSA) is 27.7 Å². The van der Waals surface area contributed by atoms with Crippen LogP contribution in [0.2, 0.25) is 18.1 Å². The van der Waals surface area contributed by atoms with Crippen LogP contribution in [0.3, 0.4) is 0 Å². The van der Waals surface area contributed by atoms with E-state index in [1.54, 1.807) is 0 Å². The first kappa shape index (κ1) is 17.5.